The van der Waals surface area contributed by atoms with Crippen molar-refractivity contribution in [2.75, 3.05) is 14.2 Å². The van der Waals surface area contributed by atoms with Gasteiger partial charge in [0.1, 0.15) is 5.82 Å². The lowest BCUT2D eigenvalue weighted by molar-refractivity contribution is 0.355. The Bertz CT molecular complexity index is 1200. The summed E-state index contributed by atoms with van der Waals surface area (Å²) in [5.74, 6) is 0.783. The number of ether oxygens (including phenoxy) is 2. The van der Waals surface area contributed by atoms with Gasteiger partial charge in [0, 0.05) is 12.1 Å². The molecule has 0 spiro atoms. The number of hydrogen-bond acceptors (Lipinski definition) is 5. The molecule has 126 valence electrons. The molecule has 0 saturated heterocycles. The van der Waals surface area contributed by atoms with Crippen LogP contribution < -0.4 is 19.6 Å². The third-order valence-corrected chi connectivity index (χ3v) is 4.88. The Balaban J connectivity index is 1.97. The molecule has 0 aliphatic carbocycles. The lowest BCUT2D eigenvalue weighted by Crippen LogP contribution is -2.22. The van der Waals surface area contributed by atoms with Gasteiger partial charge in [-0.1, -0.05) is 23.5 Å². The van der Waals surface area contributed by atoms with Crippen LogP contribution in [0.4, 0.5) is 4.39 Å². The van der Waals surface area contributed by atoms with Crippen LogP contribution in [0.5, 0.6) is 11.5 Å². The van der Waals surface area contributed by atoms with Gasteiger partial charge in [0.25, 0.3) is 5.56 Å². The highest BCUT2D eigenvalue weighted by Gasteiger charge is 2.15. The average molecular weight is 356 g/mol. The zero-order valence-electron chi connectivity index (χ0n) is 13.4. The van der Waals surface area contributed by atoms with Crippen molar-refractivity contribution in [2.45, 2.75) is 0 Å². The van der Waals surface area contributed by atoms with Gasteiger partial charge in [-0.25, -0.2) is 13.8 Å². The van der Waals surface area contributed by atoms with Crippen molar-refractivity contribution in [3.05, 3.63) is 62.7 Å². The first-order valence-electron chi connectivity index (χ1n) is 7.45. The van der Waals surface area contributed by atoms with Gasteiger partial charge in [-0.05, 0) is 23.8 Å². The summed E-state index contributed by atoms with van der Waals surface area (Å²) >= 11 is 1.28. The van der Waals surface area contributed by atoms with Crippen molar-refractivity contribution in [2.24, 2.45) is 0 Å². The molecule has 0 atom stereocenters. The molecule has 4 rings (SSSR count). The van der Waals surface area contributed by atoms with Crippen LogP contribution in [-0.2, 0) is 0 Å². The maximum Gasteiger partial charge on any atom is 0.274 e. The molecule has 4 aromatic rings. The third-order valence-electron chi connectivity index (χ3n) is 3.91. The molecule has 0 aliphatic heterocycles. The maximum absolute atomic E-state index is 13.0. The van der Waals surface area contributed by atoms with E-state index in [0.29, 0.717) is 32.0 Å². The molecule has 5 nitrogen and oxygen atoms in total. The number of aromatic nitrogens is 2. The van der Waals surface area contributed by atoms with Crippen molar-refractivity contribution >= 4 is 33.4 Å². The summed E-state index contributed by atoms with van der Waals surface area (Å²) < 4.78 is 25.7. The highest BCUT2D eigenvalue weighted by Crippen LogP contribution is 2.32. The first-order valence-corrected chi connectivity index (χ1v) is 8.26. The van der Waals surface area contributed by atoms with Crippen LogP contribution in [0.3, 0.4) is 0 Å². The van der Waals surface area contributed by atoms with Crippen LogP contribution >= 0.6 is 11.3 Å². The molecule has 0 aliphatic rings. The van der Waals surface area contributed by atoms with Gasteiger partial charge < -0.3 is 9.47 Å². The largest absolute Gasteiger partial charge is 0.493 e. The zero-order valence-corrected chi connectivity index (χ0v) is 14.3. The van der Waals surface area contributed by atoms with Crippen molar-refractivity contribution in [3.8, 4) is 11.5 Å². The normalized spacial score (nSPS) is 12.2. The number of thiazole rings is 1. The SMILES string of the molecule is COc1cc2nc3s/c(=C/c4ccc(F)cc4)c(=O)n3c2cc1OC. The van der Waals surface area contributed by atoms with E-state index in [1.54, 1.807) is 49.0 Å². The number of halogens is 1. The van der Waals surface area contributed by atoms with Gasteiger partial charge in [-0.15, -0.1) is 0 Å². The van der Waals surface area contributed by atoms with E-state index in [2.05, 4.69) is 4.98 Å². The number of rotatable bonds is 3. The Labute approximate surface area is 145 Å². The van der Waals surface area contributed by atoms with Crippen LogP contribution in [0.25, 0.3) is 22.1 Å². The van der Waals surface area contributed by atoms with E-state index in [9.17, 15) is 9.18 Å². The summed E-state index contributed by atoms with van der Waals surface area (Å²) in [5.41, 5.74) is 1.91. The van der Waals surface area contributed by atoms with Crippen molar-refractivity contribution in [1.82, 2.24) is 9.38 Å². The van der Waals surface area contributed by atoms with Crippen LogP contribution in [-0.4, -0.2) is 23.6 Å². The summed E-state index contributed by atoms with van der Waals surface area (Å²) in [6.45, 7) is 0. The highest BCUT2D eigenvalue weighted by molar-refractivity contribution is 7.15. The number of fused-ring (bicyclic) bond motifs is 3. The lowest BCUT2D eigenvalue weighted by Gasteiger charge is -2.06. The second-order valence-corrected chi connectivity index (χ2v) is 6.40. The minimum atomic E-state index is -0.312. The summed E-state index contributed by atoms with van der Waals surface area (Å²) in [5, 5.41) is 0. The molecular formula is C18H13FN2O3S. The highest BCUT2D eigenvalue weighted by atomic mass is 32.1. The van der Waals surface area contributed by atoms with Crippen LogP contribution in [0.15, 0.2) is 41.2 Å². The Kier molecular flexibility index (Phi) is 3.65. The molecule has 2 heterocycles. The predicted octanol–water partition coefficient (Wildman–Crippen LogP) is 2.61. The van der Waals surface area contributed by atoms with Gasteiger partial charge in [0.2, 0.25) is 0 Å². The Hall–Kier alpha value is -2.93. The smallest absolute Gasteiger partial charge is 0.274 e. The van der Waals surface area contributed by atoms with Gasteiger partial charge >= 0.3 is 0 Å². The fraction of sp³-hybridized carbons (Fsp3) is 0.111. The van der Waals surface area contributed by atoms with Gasteiger partial charge in [-0.2, -0.15) is 0 Å². The standard InChI is InChI=1S/C18H13FN2O3S/c1-23-14-8-12-13(9-15(14)24-2)21-17(22)16(25-18(21)20-12)7-10-3-5-11(19)6-4-10/h3-9H,1-2H3/b16-7+. The molecule has 2 aromatic heterocycles. The monoisotopic (exact) mass is 356 g/mol. The second-order valence-electron chi connectivity index (χ2n) is 5.39. The van der Waals surface area contributed by atoms with Crippen LogP contribution in [0.1, 0.15) is 5.56 Å². The van der Waals surface area contributed by atoms with E-state index in [1.807, 2.05) is 0 Å². The van der Waals surface area contributed by atoms with Gasteiger partial charge in [0.05, 0.1) is 29.8 Å². The summed E-state index contributed by atoms with van der Waals surface area (Å²) in [7, 11) is 3.10. The van der Waals surface area contributed by atoms with Crippen LogP contribution in [0, 0.1) is 5.82 Å². The van der Waals surface area contributed by atoms with E-state index in [0.717, 1.165) is 5.56 Å². The molecular weight excluding hydrogens is 343 g/mol. The minimum Gasteiger partial charge on any atom is -0.493 e. The number of imidazole rings is 1. The van der Waals surface area contributed by atoms with Gasteiger partial charge in [-0.3, -0.25) is 4.79 Å². The Morgan fingerprint density at radius 2 is 1.80 bits per heavy atom. The van der Waals surface area contributed by atoms with Crippen molar-refractivity contribution < 1.29 is 13.9 Å². The van der Waals surface area contributed by atoms with Crippen LogP contribution in [0.2, 0.25) is 0 Å². The fourth-order valence-corrected chi connectivity index (χ4v) is 3.69. The first kappa shape index (κ1) is 15.6. The minimum absolute atomic E-state index is 0.168. The lowest BCUT2D eigenvalue weighted by atomic mass is 10.2. The average Bonchev–Trinajstić information content (AvgIpc) is 3.11. The molecule has 25 heavy (non-hydrogen) atoms. The molecule has 0 saturated carbocycles. The Morgan fingerprint density at radius 1 is 1.12 bits per heavy atom. The molecule has 0 amide bonds. The number of nitrogens with zero attached hydrogens (tertiary/aromatic N) is 2. The summed E-state index contributed by atoms with van der Waals surface area (Å²) in [4.78, 5) is 17.9. The maximum atomic E-state index is 13.0. The third kappa shape index (κ3) is 2.53. The molecule has 0 bridgehead atoms. The second kappa shape index (κ2) is 5.86. The molecule has 0 radical (unpaired) electrons. The number of benzene rings is 2. The molecule has 0 unspecified atom stereocenters. The Morgan fingerprint density at radius 3 is 2.48 bits per heavy atom. The van der Waals surface area contributed by atoms with Crippen molar-refractivity contribution in [3.63, 3.8) is 0 Å². The van der Waals surface area contributed by atoms with E-state index < -0.39 is 0 Å². The summed E-state index contributed by atoms with van der Waals surface area (Å²) in [6.07, 6.45) is 1.73. The summed E-state index contributed by atoms with van der Waals surface area (Å²) in [6, 6.07) is 9.47. The number of methoxy groups -OCH3 is 2. The first-order chi connectivity index (χ1) is 12.1. The molecule has 7 heteroatoms. The van der Waals surface area contributed by atoms with Gasteiger partial charge in [0.15, 0.2) is 16.5 Å². The fourth-order valence-electron chi connectivity index (χ4n) is 2.70. The molecule has 0 fully saturated rings. The van der Waals surface area contributed by atoms with E-state index in [4.69, 9.17) is 9.47 Å². The number of hydrogen-bond donors (Lipinski definition) is 0. The van der Waals surface area contributed by atoms with E-state index in [-0.39, 0.29) is 11.4 Å². The van der Waals surface area contributed by atoms with Crippen molar-refractivity contribution in [1.29, 1.82) is 0 Å². The zero-order chi connectivity index (χ0) is 17.6. The quantitative estimate of drug-likeness (QED) is 0.566. The predicted molar refractivity (Wildman–Crippen MR) is 95.1 cm³/mol. The van der Waals surface area contributed by atoms with E-state index in [1.165, 1.54) is 23.5 Å². The molecule has 0 N–H and O–H groups in total. The molecule has 2 aromatic carbocycles. The van der Waals surface area contributed by atoms with E-state index >= 15 is 0 Å². The topological polar surface area (TPSA) is 52.8 Å².